The Morgan fingerprint density at radius 2 is 1.93 bits per heavy atom. The Hall–Kier alpha value is -1.02. The van der Waals surface area contributed by atoms with Crippen LogP contribution >= 0.6 is 0 Å². The lowest BCUT2D eigenvalue weighted by Gasteiger charge is -2.22. The number of hydrogen-bond acceptors (Lipinski definition) is 2. The van der Waals surface area contributed by atoms with Gasteiger partial charge in [0.2, 0.25) is 0 Å². The zero-order valence-corrected chi connectivity index (χ0v) is 9.73. The minimum absolute atomic E-state index is 0.223. The lowest BCUT2D eigenvalue weighted by atomic mass is 9.85. The molecule has 0 aliphatic heterocycles. The molecule has 0 bridgehead atoms. The van der Waals surface area contributed by atoms with Crippen molar-refractivity contribution in [3.05, 3.63) is 29.8 Å². The van der Waals surface area contributed by atoms with Crippen LogP contribution in [0.25, 0.3) is 0 Å². The topological polar surface area (TPSA) is 29.5 Å². The number of para-hydroxylation sites is 1. The van der Waals surface area contributed by atoms with Gasteiger partial charge in [-0.2, -0.15) is 0 Å². The largest absolute Gasteiger partial charge is 0.496 e. The molecule has 2 nitrogen and oxygen atoms in total. The third-order valence-corrected chi connectivity index (χ3v) is 2.78. The second-order valence-corrected chi connectivity index (χ2v) is 4.10. The van der Waals surface area contributed by atoms with Gasteiger partial charge in [-0.3, -0.25) is 0 Å². The number of rotatable bonds is 5. The van der Waals surface area contributed by atoms with Gasteiger partial charge < -0.3 is 9.84 Å². The van der Waals surface area contributed by atoms with E-state index in [2.05, 4.69) is 19.9 Å². The molecule has 15 heavy (non-hydrogen) atoms. The van der Waals surface area contributed by atoms with E-state index >= 15 is 0 Å². The maximum absolute atomic E-state index is 9.07. The van der Waals surface area contributed by atoms with Crippen LogP contribution in [0.4, 0.5) is 0 Å². The Kier molecular flexibility index (Phi) is 4.63. The van der Waals surface area contributed by atoms with Crippen LogP contribution in [0.1, 0.15) is 31.7 Å². The first-order valence-corrected chi connectivity index (χ1v) is 5.44. The molecule has 1 atom stereocenters. The third kappa shape index (κ3) is 2.96. The lowest BCUT2D eigenvalue weighted by Crippen LogP contribution is -2.10. The van der Waals surface area contributed by atoms with Crippen molar-refractivity contribution in [2.75, 3.05) is 13.7 Å². The number of aliphatic hydroxyl groups is 1. The van der Waals surface area contributed by atoms with Crippen LogP contribution in [-0.2, 0) is 0 Å². The second-order valence-electron chi connectivity index (χ2n) is 4.10. The van der Waals surface area contributed by atoms with Crippen molar-refractivity contribution in [3.8, 4) is 5.75 Å². The molecule has 0 spiro atoms. The predicted octanol–water partition coefficient (Wildman–Crippen LogP) is 2.82. The minimum atomic E-state index is 0.223. The van der Waals surface area contributed by atoms with Crippen molar-refractivity contribution in [3.63, 3.8) is 0 Å². The lowest BCUT2D eigenvalue weighted by molar-refractivity contribution is 0.259. The van der Waals surface area contributed by atoms with Gasteiger partial charge in [-0.15, -0.1) is 0 Å². The van der Waals surface area contributed by atoms with Crippen molar-refractivity contribution in [2.24, 2.45) is 5.92 Å². The molecular formula is C13H20O2. The molecule has 0 aromatic heterocycles. The fourth-order valence-corrected chi connectivity index (χ4v) is 1.96. The van der Waals surface area contributed by atoms with Crippen LogP contribution in [0.2, 0.25) is 0 Å². The summed E-state index contributed by atoms with van der Waals surface area (Å²) in [4.78, 5) is 0. The molecule has 84 valence electrons. The van der Waals surface area contributed by atoms with Crippen molar-refractivity contribution in [1.82, 2.24) is 0 Å². The Bertz CT molecular complexity index is 294. The number of ether oxygens (including phenoxy) is 1. The Labute approximate surface area is 91.9 Å². The molecule has 0 heterocycles. The van der Waals surface area contributed by atoms with Gasteiger partial charge in [0, 0.05) is 6.61 Å². The molecule has 0 aliphatic carbocycles. The van der Waals surface area contributed by atoms with E-state index in [0.29, 0.717) is 11.8 Å². The molecule has 0 saturated heterocycles. The molecule has 0 fully saturated rings. The van der Waals surface area contributed by atoms with Gasteiger partial charge >= 0.3 is 0 Å². The first kappa shape index (κ1) is 12.1. The van der Waals surface area contributed by atoms with E-state index in [0.717, 1.165) is 12.2 Å². The monoisotopic (exact) mass is 208 g/mol. The standard InChI is InChI=1S/C13H20O2/c1-10(2)11(8-9-14)12-6-4-5-7-13(12)15-3/h4-7,10-11,14H,8-9H2,1-3H3. The van der Waals surface area contributed by atoms with E-state index in [-0.39, 0.29) is 6.61 Å². The second kappa shape index (κ2) is 5.76. The summed E-state index contributed by atoms with van der Waals surface area (Å²) < 4.78 is 5.34. The highest BCUT2D eigenvalue weighted by Gasteiger charge is 2.18. The van der Waals surface area contributed by atoms with Crippen LogP contribution in [0.5, 0.6) is 5.75 Å². The first-order valence-electron chi connectivity index (χ1n) is 5.44. The van der Waals surface area contributed by atoms with E-state index < -0.39 is 0 Å². The highest BCUT2D eigenvalue weighted by atomic mass is 16.5. The molecular weight excluding hydrogens is 188 g/mol. The highest BCUT2D eigenvalue weighted by molar-refractivity contribution is 5.36. The molecule has 0 amide bonds. The average molecular weight is 208 g/mol. The predicted molar refractivity (Wildman–Crippen MR) is 62.3 cm³/mol. The van der Waals surface area contributed by atoms with E-state index in [1.807, 2.05) is 18.2 Å². The molecule has 1 aromatic carbocycles. The Morgan fingerprint density at radius 1 is 1.27 bits per heavy atom. The fourth-order valence-electron chi connectivity index (χ4n) is 1.96. The van der Waals surface area contributed by atoms with Gasteiger partial charge in [0.05, 0.1) is 7.11 Å². The van der Waals surface area contributed by atoms with Crippen molar-refractivity contribution < 1.29 is 9.84 Å². The Morgan fingerprint density at radius 3 is 2.47 bits per heavy atom. The molecule has 1 rings (SSSR count). The van der Waals surface area contributed by atoms with Crippen LogP contribution in [0.3, 0.4) is 0 Å². The summed E-state index contributed by atoms with van der Waals surface area (Å²) >= 11 is 0. The highest BCUT2D eigenvalue weighted by Crippen LogP contribution is 2.33. The van der Waals surface area contributed by atoms with Crippen molar-refractivity contribution in [1.29, 1.82) is 0 Å². The SMILES string of the molecule is COc1ccccc1C(CCO)C(C)C. The van der Waals surface area contributed by atoms with Crippen molar-refractivity contribution in [2.45, 2.75) is 26.2 Å². The molecule has 0 saturated carbocycles. The van der Waals surface area contributed by atoms with Gasteiger partial charge in [0.25, 0.3) is 0 Å². The summed E-state index contributed by atoms with van der Waals surface area (Å²) in [5, 5.41) is 9.07. The summed E-state index contributed by atoms with van der Waals surface area (Å²) in [5.41, 5.74) is 1.20. The fraction of sp³-hybridized carbons (Fsp3) is 0.538. The van der Waals surface area contributed by atoms with E-state index in [1.54, 1.807) is 7.11 Å². The number of methoxy groups -OCH3 is 1. The summed E-state index contributed by atoms with van der Waals surface area (Å²) in [6, 6.07) is 8.05. The van der Waals surface area contributed by atoms with Crippen LogP contribution < -0.4 is 4.74 Å². The van der Waals surface area contributed by atoms with E-state index in [1.165, 1.54) is 5.56 Å². The molecule has 0 radical (unpaired) electrons. The number of aliphatic hydroxyl groups excluding tert-OH is 1. The summed E-state index contributed by atoms with van der Waals surface area (Å²) in [5.74, 6) is 1.80. The third-order valence-electron chi connectivity index (χ3n) is 2.78. The normalized spacial score (nSPS) is 12.9. The molecule has 2 heteroatoms. The number of hydrogen-bond donors (Lipinski definition) is 1. The van der Waals surface area contributed by atoms with E-state index in [4.69, 9.17) is 9.84 Å². The van der Waals surface area contributed by atoms with Gasteiger partial charge in [0.15, 0.2) is 0 Å². The average Bonchev–Trinajstić information content (AvgIpc) is 2.25. The van der Waals surface area contributed by atoms with Gasteiger partial charge in [-0.05, 0) is 29.9 Å². The van der Waals surface area contributed by atoms with E-state index in [9.17, 15) is 0 Å². The molecule has 1 aromatic rings. The van der Waals surface area contributed by atoms with Crippen molar-refractivity contribution >= 4 is 0 Å². The maximum Gasteiger partial charge on any atom is 0.122 e. The first-order chi connectivity index (χ1) is 7.20. The Balaban J connectivity index is 2.98. The summed E-state index contributed by atoms with van der Waals surface area (Å²) in [7, 11) is 1.69. The number of benzene rings is 1. The summed E-state index contributed by atoms with van der Waals surface area (Å²) in [6.45, 7) is 4.57. The quantitative estimate of drug-likeness (QED) is 0.806. The molecule has 1 N–H and O–H groups in total. The van der Waals surface area contributed by atoms with Gasteiger partial charge in [-0.25, -0.2) is 0 Å². The van der Waals surface area contributed by atoms with Crippen LogP contribution in [0, 0.1) is 5.92 Å². The van der Waals surface area contributed by atoms with Crippen LogP contribution in [-0.4, -0.2) is 18.8 Å². The summed E-state index contributed by atoms with van der Waals surface area (Å²) in [6.07, 6.45) is 0.790. The smallest absolute Gasteiger partial charge is 0.122 e. The van der Waals surface area contributed by atoms with Crippen LogP contribution in [0.15, 0.2) is 24.3 Å². The van der Waals surface area contributed by atoms with Gasteiger partial charge in [0.1, 0.15) is 5.75 Å². The molecule has 1 unspecified atom stereocenters. The minimum Gasteiger partial charge on any atom is -0.496 e. The molecule has 0 aliphatic rings. The van der Waals surface area contributed by atoms with Gasteiger partial charge in [-0.1, -0.05) is 32.0 Å². The zero-order chi connectivity index (χ0) is 11.3. The zero-order valence-electron chi connectivity index (χ0n) is 9.73. The maximum atomic E-state index is 9.07.